The summed E-state index contributed by atoms with van der Waals surface area (Å²) in [5.41, 5.74) is 2.86. The Morgan fingerprint density at radius 2 is 2.00 bits per heavy atom. The quantitative estimate of drug-likeness (QED) is 0.719. The van der Waals surface area contributed by atoms with E-state index in [1.807, 2.05) is 11.6 Å². The van der Waals surface area contributed by atoms with Crippen LogP contribution in [0.25, 0.3) is 0 Å². The lowest BCUT2D eigenvalue weighted by Gasteiger charge is -2.28. The Balaban J connectivity index is 1.91. The number of nitrogens with zero attached hydrogens (tertiary/aromatic N) is 4. The Morgan fingerprint density at radius 3 is 2.75 bits per heavy atom. The van der Waals surface area contributed by atoms with Crippen molar-refractivity contribution in [2.24, 2.45) is 7.05 Å². The molecule has 3 rings (SSSR count). The SMILES string of the molecule is Cn1cnnc1N1CCc2ccccc2C1. The van der Waals surface area contributed by atoms with E-state index >= 15 is 0 Å². The Hall–Kier alpha value is -1.84. The van der Waals surface area contributed by atoms with Crippen molar-refractivity contribution >= 4 is 5.95 Å². The van der Waals surface area contributed by atoms with Gasteiger partial charge < -0.3 is 9.47 Å². The second-order valence-electron chi connectivity index (χ2n) is 4.18. The van der Waals surface area contributed by atoms with E-state index in [0.29, 0.717) is 0 Å². The van der Waals surface area contributed by atoms with Gasteiger partial charge >= 0.3 is 0 Å². The van der Waals surface area contributed by atoms with Crippen LogP contribution in [0.2, 0.25) is 0 Å². The summed E-state index contributed by atoms with van der Waals surface area (Å²) in [6, 6.07) is 8.61. The molecule has 82 valence electrons. The van der Waals surface area contributed by atoms with Crippen LogP contribution in [0.1, 0.15) is 11.1 Å². The zero-order valence-corrected chi connectivity index (χ0v) is 9.30. The van der Waals surface area contributed by atoms with Gasteiger partial charge in [-0.05, 0) is 17.5 Å². The zero-order valence-electron chi connectivity index (χ0n) is 9.30. The number of hydrogen-bond acceptors (Lipinski definition) is 3. The summed E-state index contributed by atoms with van der Waals surface area (Å²) in [7, 11) is 1.98. The van der Waals surface area contributed by atoms with Crippen LogP contribution in [0.4, 0.5) is 5.95 Å². The Morgan fingerprint density at radius 1 is 1.19 bits per heavy atom. The Bertz CT molecular complexity index is 503. The molecule has 4 heteroatoms. The molecule has 0 aliphatic carbocycles. The van der Waals surface area contributed by atoms with Crippen molar-refractivity contribution in [3.63, 3.8) is 0 Å². The number of aromatic nitrogens is 3. The van der Waals surface area contributed by atoms with Crippen molar-refractivity contribution in [2.75, 3.05) is 11.4 Å². The van der Waals surface area contributed by atoms with Gasteiger partial charge in [-0.1, -0.05) is 24.3 Å². The van der Waals surface area contributed by atoms with E-state index in [0.717, 1.165) is 25.5 Å². The van der Waals surface area contributed by atoms with E-state index in [4.69, 9.17) is 0 Å². The number of aryl methyl sites for hydroxylation is 1. The molecular formula is C12H14N4. The van der Waals surface area contributed by atoms with Gasteiger partial charge in [0.15, 0.2) is 0 Å². The van der Waals surface area contributed by atoms with E-state index in [1.165, 1.54) is 11.1 Å². The van der Waals surface area contributed by atoms with Crippen molar-refractivity contribution in [1.29, 1.82) is 0 Å². The second-order valence-corrected chi connectivity index (χ2v) is 4.18. The maximum atomic E-state index is 4.15. The van der Waals surface area contributed by atoms with Crippen LogP contribution in [-0.2, 0) is 20.0 Å². The van der Waals surface area contributed by atoms with Crippen molar-refractivity contribution in [3.05, 3.63) is 41.7 Å². The fraction of sp³-hybridized carbons (Fsp3) is 0.333. The summed E-state index contributed by atoms with van der Waals surface area (Å²) in [5.74, 6) is 0.953. The standard InChI is InChI=1S/C12H14N4/c1-15-9-13-14-12(15)16-7-6-10-4-2-3-5-11(10)8-16/h2-5,9H,6-8H2,1H3. The average molecular weight is 214 g/mol. The minimum Gasteiger partial charge on any atom is -0.336 e. The third-order valence-electron chi connectivity index (χ3n) is 3.10. The molecular weight excluding hydrogens is 200 g/mol. The first kappa shape index (κ1) is 9.39. The van der Waals surface area contributed by atoms with Crippen LogP contribution in [0, 0.1) is 0 Å². The first-order valence-electron chi connectivity index (χ1n) is 5.50. The smallest absolute Gasteiger partial charge is 0.227 e. The second kappa shape index (κ2) is 3.63. The predicted octanol–water partition coefficient (Wildman–Crippen LogP) is 1.38. The molecule has 0 amide bonds. The molecule has 16 heavy (non-hydrogen) atoms. The summed E-state index contributed by atoms with van der Waals surface area (Å²) < 4.78 is 1.97. The van der Waals surface area contributed by atoms with E-state index in [1.54, 1.807) is 6.33 Å². The fourth-order valence-electron chi connectivity index (χ4n) is 2.23. The highest BCUT2D eigenvalue weighted by Crippen LogP contribution is 2.21. The van der Waals surface area contributed by atoms with E-state index in [2.05, 4.69) is 39.4 Å². The highest BCUT2D eigenvalue weighted by Gasteiger charge is 2.18. The summed E-state index contributed by atoms with van der Waals surface area (Å²) >= 11 is 0. The van der Waals surface area contributed by atoms with E-state index < -0.39 is 0 Å². The van der Waals surface area contributed by atoms with Gasteiger partial charge in [0.05, 0.1) is 0 Å². The molecule has 0 saturated carbocycles. The maximum absolute atomic E-state index is 4.15. The summed E-state index contributed by atoms with van der Waals surface area (Å²) in [6.07, 6.45) is 2.83. The molecule has 0 atom stereocenters. The van der Waals surface area contributed by atoms with Gasteiger partial charge in [-0.2, -0.15) is 0 Å². The zero-order chi connectivity index (χ0) is 11.0. The minimum absolute atomic E-state index is 0.933. The van der Waals surface area contributed by atoms with Crippen LogP contribution in [0.3, 0.4) is 0 Å². The first-order chi connectivity index (χ1) is 7.84. The largest absolute Gasteiger partial charge is 0.336 e. The molecule has 2 aromatic rings. The molecule has 2 heterocycles. The minimum atomic E-state index is 0.933. The lowest BCUT2D eigenvalue weighted by Crippen LogP contribution is -2.32. The summed E-state index contributed by atoms with van der Waals surface area (Å²) in [6.45, 7) is 1.95. The van der Waals surface area contributed by atoms with Crippen LogP contribution < -0.4 is 4.90 Å². The van der Waals surface area contributed by atoms with Crippen molar-refractivity contribution in [3.8, 4) is 0 Å². The van der Waals surface area contributed by atoms with Gasteiger partial charge in [0.2, 0.25) is 5.95 Å². The molecule has 0 N–H and O–H groups in total. The molecule has 0 spiro atoms. The highest BCUT2D eigenvalue weighted by atomic mass is 15.4. The molecule has 4 nitrogen and oxygen atoms in total. The molecule has 0 saturated heterocycles. The number of benzene rings is 1. The lowest BCUT2D eigenvalue weighted by atomic mass is 10.0. The van der Waals surface area contributed by atoms with Crippen LogP contribution in [0.5, 0.6) is 0 Å². The van der Waals surface area contributed by atoms with Crippen LogP contribution in [-0.4, -0.2) is 21.3 Å². The summed E-state index contributed by atoms with van der Waals surface area (Å²) in [5, 5.41) is 8.08. The van der Waals surface area contributed by atoms with E-state index in [9.17, 15) is 0 Å². The molecule has 1 aliphatic rings. The number of fused-ring (bicyclic) bond motifs is 1. The molecule has 1 aromatic carbocycles. The van der Waals surface area contributed by atoms with Crippen LogP contribution in [0.15, 0.2) is 30.6 Å². The molecule has 0 bridgehead atoms. The monoisotopic (exact) mass is 214 g/mol. The molecule has 0 fully saturated rings. The van der Waals surface area contributed by atoms with Gasteiger partial charge in [-0.15, -0.1) is 10.2 Å². The lowest BCUT2D eigenvalue weighted by molar-refractivity contribution is 0.687. The van der Waals surface area contributed by atoms with E-state index in [-0.39, 0.29) is 0 Å². The molecule has 0 radical (unpaired) electrons. The van der Waals surface area contributed by atoms with Gasteiger partial charge in [-0.3, -0.25) is 0 Å². The predicted molar refractivity (Wildman–Crippen MR) is 62.2 cm³/mol. The van der Waals surface area contributed by atoms with Gasteiger partial charge in [0.25, 0.3) is 0 Å². The maximum Gasteiger partial charge on any atom is 0.227 e. The summed E-state index contributed by atoms with van der Waals surface area (Å²) in [4.78, 5) is 2.27. The molecule has 1 aliphatic heterocycles. The number of hydrogen-bond donors (Lipinski definition) is 0. The first-order valence-corrected chi connectivity index (χ1v) is 5.50. The Kier molecular flexibility index (Phi) is 2.13. The third kappa shape index (κ3) is 1.46. The average Bonchev–Trinajstić information content (AvgIpc) is 2.75. The van der Waals surface area contributed by atoms with Crippen molar-refractivity contribution in [2.45, 2.75) is 13.0 Å². The van der Waals surface area contributed by atoms with Gasteiger partial charge in [-0.25, -0.2) is 0 Å². The van der Waals surface area contributed by atoms with Gasteiger partial charge in [0.1, 0.15) is 6.33 Å². The number of anilines is 1. The van der Waals surface area contributed by atoms with Crippen molar-refractivity contribution in [1.82, 2.24) is 14.8 Å². The third-order valence-corrected chi connectivity index (χ3v) is 3.10. The normalized spacial score (nSPS) is 14.9. The topological polar surface area (TPSA) is 34.0 Å². The van der Waals surface area contributed by atoms with Crippen LogP contribution >= 0.6 is 0 Å². The van der Waals surface area contributed by atoms with Gasteiger partial charge in [0, 0.05) is 20.1 Å². The van der Waals surface area contributed by atoms with Crippen molar-refractivity contribution < 1.29 is 0 Å². The molecule has 1 aromatic heterocycles. The Labute approximate surface area is 94.5 Å². The highest BCUT2D eigenvalue weighted by molar-refractivity contribution is 5.39. The fourth-order valence-corrected chi connectivity index (χ4v) is 2.23. The number of rotatable bonds is 1. The molecule has 0 unspecified atom stereocenters.